The lowest BCUT2D eigenvalue weighted by Crippen LogP contribution is -2.33. The van der Waals surface area contributed by atoms with Crippen molar-refractivity contribution >= 4 is 34.1 Å². The monoisotopic (exact) mass is 413 g/mol. The van der Waals surface area contributed by atoms with Gasteiger partial charge >= 0.3 is 0 Å². The summed E-state index contributed by atoms with van der Waals surface area (Å²) in [5.74, 6) is 1.39. The van der Waals surface area contributed by atoms with Crippen molar-refractivity contribution in [3.05, 3.63) is 72.8 Å². The summed E-state index contributed by atoms with van der Waals surface area (Å²) in [5, 5.41) is 6.90. The fourth-order valence-electron chi connectivity index (χ4n) is 5.21. The first-order valence-corrected chi connectivity index (χ1v) is 13.2. The minimum Gasteiger partial charge on any atom is -0.453 e. The van der Waals surface area contributed by atoms with Gasteiger partial charge in [-0.3, -0.25) is 0 Å². The van der Waals surface area contributed by atoms with Gasteiger partial charge in [-0.1, -0.05) is 67.6 Å². The van der Waals surface area contributed by atoms with Gasteiger partial charge in [-0.15, -0.1) is 0 Å². The van der Waals surface area contributed by atoms with Gasteiger partial charge in [0.05, 0.1) is 19.1 Å². The van der Waals surface area contributed by atoms with Gasteiger partial charge in [0.1, 0.15) is 5.30 Å². The van der Waals surface area contributed by atoms with Gasteiger partial charge in [0, 0.05) is 17.5 Å². The molecule has 0 N–H and O–H groups in total. The molecule has 0 saturated heterocycles. The maximum Gasteiger partial charge on any atom is 0.210 e. The van der Waals surface area contributed by atoms with Crippen molar-refractivity contribution in [2.75, 3.05) is 6.66 Å². The first-order valence-electron chi connectivity index (χ1n) is 10.9. The molecular formula is C28H30OP+. The predicted molar refractivity (Wildman–Crippen MR) is 134 cm³/mol. The van der Waals surface area contributed by atoms with E-state index in [1.807, 2.05) is 0 Å². The molecule has 5 rings (SSSR count). The van der Waals surface area contributed by atoms with E-state index in [1.54, 1.807) is 0 Å². The fourth-order valence-corrected chi connectivity index (χ4v) is 9.36. The van der Waals surface area contributed by atoms with Crippen LogP contribution in [0.15, 0.2) is 72.8 Å². The van der Waals surface area contributed by atoms with E-state index >= 15 is 0 Å². The van der Waals surface area contributed by atoms with Crippen molar-refractivity contribution in [3.63, 3.8) is 0 Å². The molecule has 2 unspecified atom stereocenters. The zero-order chi connectivity index (χ0) is 21.1. The summed E-state index contributed by atoms with van der Waals surface area (Å²) in [6, 6.07) is 26.6. The summed E-state index contributed by atoms with van der Waals surface area (Å²) < 4.78 is 6.63. The zero-order valence-electron chi connectivity index (χ0n) is 18.6. The maximum atomic E-state index is 6.63. The Kier molecular flexibility index (Phi) is 4.46. The van der Waals surface area contributed by atoms with Crippen molar-refractivity contribution in [1.29, 1.82) is 0 Å². The third-order valence-electron chi connectivity index (χ3n) is 7.09. The third-order valence-corrected chi connectivity index (χ3v) is 12.9. The van der Waals surface area contributed by atoms with E-state index in [9.17, 15) is 0 Å². The highest BCUT2D eigenvalue weighted by Crippen LogP contribution is 2.74. The molecule has 1 aliphatic heterocycles. The summed E-state index contributed by atoms with van der Waals surface area (Å²) >= 11 is 0. The number of ether oxygens (including phenoxy) is 1. The van der Waals surface area contributed by atoms with E-state index < -0.39 is 7.26 Å². The largest absolute Gasteiger partial charge is 0.453 e. The summed E-state index contributed by atoms with van der Waals surface area (Å²) in [4.78, 5) is 0. The molecule has 152 valence electrons. The first kappa shape index (κ1) is 19.6. The van der Waals surface area contributed by atoms with Crippen LogP contribution in [0.2, 0.25) is 0 Å². The molecule has 30 heavy (non-hydrogen) atoms. The van der Waals surface area contributed by atoms with Crippen LogP contribution in [0.5, 0.6) is 5.75 Å². The van der Waals surface area contributed by atoms with Gasteiger partial charge in [0.2, 0.25) is 5.85 Å². The second-order valence-corrected chi connectivity index (χ2v) is 14.1. The van der Waals surface area contributed by atoms with Crippen molar-refractivity contribution < 1.29 is 4.74 Å². The van der Waals surface area contributed by atoms with Gasteiger partial charge in [-0.25, -0.2) is 0 Å². The number of fused-ring (bicyclic) bond motifs is 3. The highest BCUT2D eigenvalue weighted by molar-refractivity contribution is 7.84. The average molecular weight is 414 g/mol. The molecule has 4 aromatic carbocycles. The van der Waals surface area contributed by atoms with Crippen LogP contribution >= 0.6 is 7.26 Å². The van der Waals surface area contributed by atoms with Gasteiger partial charge in [-0.05, 0) is 54.4 Å². The van der Waals surface area contributed by atoms with Crippen LogP contribution in [0.4, 0.5) is 0 Å². The quantitative estimate of drug-likeness (QED) is 0.240. The number of rotatable bonds is 2. The highest BCUT2D eigenvalue weighted by atomic mass is 31.2. The maximum absolute atomic E-state index is 6.63. The lowest BCUT2D eigenvalue weighted by molar-refractivity contribution is 0.286. The smallest absolute Gasteiger partial charge is 0.210 e. The van der Waals surface area contributed by atoms with Crippen molar-refractivity contribution in [2.45, 2.75) is 45.1 Å². The molecule has 2 heteroatoms. The van der Waals surface area contributed by atoms with E-state index in [0.717, 1.165) is 12.2 Å². The normalized spacial score (nSPS) is 21.0. The standard InChI is InChI=1S/C28H30OP/c1-6-25-29-24-17-11-16-23(27(24)30(25,5)28(2,3)4)26-21-14-9-7-12-19(21)18-20-13-8-10-15-22(20)26/h7-18,25H,6H2,1-5H3/q+1. The van der Waals surface area contributed by atoms with Crippen molar-refractivity contribution in [1.82, 2.24) is 0 Å². The third kappa shape index (κ3) is 2.65. The molecule has 1 heterocycles. The minimum atomic E-state index is -1.59. The lowest BCUT2D eigenvalue weighted by Gasteiger charge is -2.35. The Hall–Kier alpha value is -2.37. The van der Waals surface area contributed by atoms with Crippen LogP contribution in [-0.4, -0.2) is 17.7 Å². The van der Waals surface area contributed by atoms with Gasteiger partial charge in [0.15, 0.2) is 5.75 Å². The summed E-state index contributed by atoms with van der Waals surface area (Å²) in [6.45, 7) is 12.0. The molecule has 0 amide bonds. The minimum absolute atomic E-state index is 0.176. The predicted octanol–water partition coefficient (Wildman–Crippen LogP) is 7.86. The van der Waals surface area contributed by atoms with Gasteiger partial charge in [0.25, 0.3) is 0 Å². The molecule has 0 radical (unpaired) electrons. The molecule has 1 nitrogen and oxygen atoms in total. The fraction of sp³-hybridized carbons (Fsp3) is 0.286. The van der Waals surface area contributed by atoms with Crippen LogP contribution in [0, 0.1) is 0 Å². The van der Waals surface area contributed by atoms with Crippen LogP contribution in [0.25, 0.3) is 32.7 Å². The van der Waals surface area contributed by atoms with E-state index in [0.29, 0.717) is 0 Å². The first-order chi connectivity index (χ1) is 14.4. The molecule has 1 aliphatic rings. The molecule has 0 aliphatic carbocycles. The molecule has 2 atom stereocenters. The molecule has 0 fully saturated rings. The average Bonchev–Trinajstić information content (AvgIpc) is 3.05. The Morgan fingerprint density at radius 3 is 2.00 bits per heavy atom. The van der Waals surface area contributed by atoms with E-state index in [1.165, 1.54) is 38.0 Å². The zero-order valence-corrected chi connectivity index (χ0v) is 19.5. The summed E-state index contributed by atoms with van der Waals surface area (Å²) in [6.07, 6.45) is 1.05. The molecule has 4 aromatic rings. The molecular weight excluding hydrogens is 383 g/mol. The second-order valence-electron chi connectivity index (χ2n) is 9.57. The van der Waals surface area contributed by atoms with Crippen molar-refractivity contribution in [3.8, 4) is 16.9 Å². The van der Waals surface area contributed by atoms with E-state index in [2.05, 4.69) is 107 Å². The van der Waals surface area contributed by atoms with Crippen LogP contribution in [0.3, 0.4) is 0 Å². The Labute approximate surface area is 180 Å². The van der Waals surface area contributed by atoms with Gasteiger partial charge in [-0.2, -0.15) is 0 Å². The van der Waals surface area contributed by atoms with Crippen LogP contribution in [0.1, 0.15) is 34.1 Å². The van der Waals surface area contributed by atoms with Crippen LogP contribution in [-0.2, 0) is 0 Å². The molecule has 0 bridgehead atoms. The number of benzene rings is 4. The lowest BCUT2D eigenvalue weighted by atomic mass is 9.92. The van der Waals surface area contributed by atoms with Gasteiger partial charge < -0.3 is 4.74 Å². The number of hydrogen-bond donors (Lipinski definition) is 0. The topological polar surface area (TPSA) is 9.23 Å². The SMILES string of the molecule is CCC1Oc2cccc(-c3c4ccccc4cc4ccccc34)c2[P+]1(C)C(C)(C)C. The Bertz CT molecular complexity index is 1210. The Morgan fingerprint density at radius 1 is 0.833 bits per heavy atom. The highest BCUT2D eigenvalue weighted by Gasteiger charge is 2.60. The van der Waals surface area contributed by atoms with E-state index in [4.69, 9.17) is 4.74 Å². The van der Waals surface area contributed by atoms with Crippen LogP contribution < -0.4 is 10.0 Å². The summed E-state index contributed by atoms with van der Waals surface area (Å²) in [5.41, 5.74) is 2.72. The molecule has 0 aromatic heterocycles. The molecule has 0 saturated carbocycles. The van der Waals surface area contributed by atoms with Crippen molar-refractivity contribution in [2.24, 2.45) is 0 Å². The Balaban J connectivity index is 1.94. The second kappa shape index (κ2) is 6.82. The Morgan fingerprint density at radius 2 is 1.43 bits per heavy atom. The number of hydrogen-bond acceptors (Lipinski definition) is 1. The molecule has 0 spiro atoms. The van der Waals surface area contributed by atoms with E-state index in [-0.39, 0.29) is 11.0 Å². The summed E-state index contributed by atoms with van der Waals surface area (Å²) in [7, 11) is -1.59.